The van der Waals surface area contributed by atoms with Crippen molar-refractivity contribution in [3.63, 3.8) is 0 Å². The maximum atomic E-state index is 14.0. The van der Waals surface area contributed by atoms with Crippen molar-refractivity contribution < 1.29 is 14.0 Å². The molecule has 5 heteroatoms. The van der Waals surface area contributed by atoms with Crippen molar-refractivity contribution in [3.05, 3.63) is 34.6 Å². The van der Waals surface area contributed by atoms with Crippen molar-refractivity contribution in [1.29, 1.82) is 0 Å². The Bertz CT molecular complexity index is 504. The quantitative estimate of drug-likeness (QED) is 0.839. The smallest absolute Gasteiger partial charge is 0.230 e. The first-order valence-electron chi connectivity index (χ1n) is 5.82. The Morgan fingerprint density at radius 2 is 2.17 bits per heavy atom. The van der Waals surface area contributed by atoms with Crippen LogP contribution in [-0.2, 0) is 9.59 Å². The average molecular weight is 270 g/mol. The molecular formula is C13H13ClFNO2. The van der Waals surface area contributed by atoms with E-state index < -0.39 is 17.7 Å². The third-order valence-corrected chi connectivity index (χ3v) is 3.60. The summed E-state index contributed by atoms with van der Waals surface area (Å²) in [5.41, 5.74) is 0.345. The summed E-state index contributed by atoms with van der Waals surface area (Å²) in [4.78, 5) is 23.2. The summed E-state index contributed by atoms with van der Waals surface area (Å²) < 4.78 is 14.0. The fourth-order valence-electron chi connectivity index (χ4n) is 2.41. The van der Waals surface area contributed by atoms with E-state index in [-0.39, 0.29) is 23.3 Å². The molecule has 18 heavy (non-hydrogen) atoms. The SMILES string of the molecule is CCC1C(=O)NC(=O)CC1c1cccc(Cl)c1F. The molecule has 0 aliphatic carbocycles. The molecule has 1 aromatic rings. The first kappa shape index (κ1) is 13.0. The summed E-state index contributed by atoms with van der Waals surface area (Å²) in [6, 6.07) is 4.66. The first-order valence-corrected chi connectivity index (χ1v) is 6.20. The van der Waals surface area contributed by atoms with Crippen molar-refractivity contribution in [1.82, 2.24) is 5.32 Å². The van der Waals surface area contributed by atoms with E-state index in [0.717, 1.165) is 0 Å². The predicted octanol–water partition coefficient (Wildman–Crippen LogP) is 2.64. The molecule has 1 fully saturated rings. The first-order chi connectivity index (χ1) is 8.54. The van der Waals surface area contributed by atoms with Crippen LogP contribution in [-0.4, -0.2) is 11.8 Å². The van der Waals surface area contributed by atoms with Crippen LogP contribution in [0.1, 0.15) is 31.2 Å². The van der Waals surface area contributed by atoms with Crippen LogP contribution < -0.4 is 5.32 Å². The zero-order valence-electron chi connectivity index (χ0n) is 9.87. The molecule has 0 bridgehead atoms. The van der Waals surface area contributed by atoms with Gasteiger partial charge in [-0.3, -0.25) is 14.9 Å². The van der Waals surface area contributed by atoms with Gasteiger partial charge in [0.05, 0.1) is 5.02 Å². The van der Waals surface area contributed by atoms with Crippen LogP contribution >= 0.6 is 11.6 Å². The summed E-state index contributed by atoms with van der Waals surface area (Å²) in [7, 11) is 0. The lowest BCUT2D eigenvalue weighted by molar-refractivity contribution is -0.137. The molecule has 0 radical (unpaired) electrons. The van der Waals surface area contributed by atoms with Crippen LogP contribution in [0.3, 0.4) is 0 Å². The molecule has 1 aliphatic rings. The molecule has 1 saturated heterocycles. The molecule has 2 amide bonds. The number of carbonyl (C=O) groups is 2. The Hall–Kier alpha value is -1.42. The van der Waals surface area contributed by atoms with Gasteiger partial charge in [-0.25, -0.2) is 4.39 Å². The van der Waals surface area contributed by atoms with Crippen molar-refractivity contribution in [3.8, 4) is 0 Å². The van der Waals surface area contributed by atoms with E-state index in [4.69, 9.17) is 11.6 Å². The van der Waals surface area contributed by atoms with Gasteiger partial charge in [0.25, 0.3) is 0 Å². The number of nitrogens with one attached hydrogen (secondary N) is 1. The van der Waals surface area contributed by atoms with E-state index >= 15 is 0 Å². The monoisotopic (exact) mass is 269 g/mol. The number of imide groups is 1. The number of amides is 2. The number of halogens is 2. The van der Waals surface area contributed by atoms with E-state index in [1.165, 1.54) is 6.07 Å². The third-order valence-electron chi connectivity index (χ3n) is 3.31. The Balaban J connectivity index is 2.43. The Morgan fingerprint density at radius 1 is 1.44 bits per heavy atom. The van der Waals surface area contributed by atoms with Gasteiger partial charge in [-0.05, 0) is 18.1 Å². The van der Waals surface area contributed by atoms with Crippen LogP contribution in [0.15, 0.2) is 18.2 Å². The number of carbonyl (C=O) groups excluding carboxylic acids is 2. The van der Waals surface area contributed by atoms with Crippen LogP contribution in [0.2, 0.25) is 5.02 Å². The van der Waals surface area contributed by atoms with E-state index in [2.05, 4.69) is 5.32 Å². The third kappa shape index (κ3) is 2.25. The fraction of sp³-hybridized carbons (Fsp3) is 0.385. The highest BCUT2D eigenvalue weighted by molar-refractivity contribution is 6.30. The van der Waals surface area contributed by atoms with Gasteiger partial charge in [-0.1, -0.05) is 30.7 Å². The average Bonchev–Trinajstić information content (AvgIpc) is 2.32. The zero-order valence-corrected chi connectivity index (χ0v) is 10.6. The minimum Gasteiger partial charge on any atom is -0.296 e. The van der Waals surface area contributed by atoms with Gasteiger partial charge in [0, 0.05) is 18.3 Å². The molecule has 1 aliphatic heterocycles. The lowest BCUT2D eigenvalue weighted by Crippen LogP contribution is -2.44. The molecule has 3 nitrogen and oxygen atoms in total. The molecule has 0 saturated carbocycles. The molecule has 0 spiro atoms. The van der Waals surface area contributed by atoms with Crippen molar-refractivity contribution >= 4 is 23.4 Å². The zero-order chi connectivity index (χ0) is 13.3. The predicted molar refractivity (Wildman–Crippen MR) is 65.7 cm³/mol. The number of piperidine rings is 1. The van der Waals surface area contributed by atoms with Gasteiger partial charge in [-0.15, -0.1) is 0 Å². The van der Waals surface area contributed by atoms with Crippen molar-refractivity contribution in [2.75, 3.05) is 0 Å². The lowest BCUT2D eigenvalue weighted by atomic mass is 9.79. The highest BCUT2D eigenvalue weighted by atomic mass is 35.5. The molecule has 96 valence electrons. The van der Waals surface area contributed by atoms with Crippen molar-refractivity contribution in [2.45, 2.75) is 25.7 Å². The summed E-state index contributed by atoms with van der Waals surface area (Å²) in [6.45, 7) is 1.84. The summed E-state index contributed by atoms with van der Waals surface area (Å²) in [5.74, 6) is -2.07. The number of hydrogen-bond acceptors (Lipinski definition) is 2. The largest absolute Gasteiger partial charge is 0.296 e. The molecule has 1 N–H and O–H groups in total. The molecular weight excluding hydrogens is 257 g/mol. The molecule has 2 atom stereocenters. The van der Waals surface area contributed by atoms with Crippen LogP contribution in [0.5, 0.6) is 0 Å². The number of hydrogen-bond donors (Lipinski definition) is 1. The molecule has 1 aromatic carbocycles. The topological polar surface area (TPSA) is 46.2 Å². The minimum atomic E-state index is -0.537. The maximum absolute atomic E-state index is 14.0. The Labute approximate surface area is 109 Å². The summed E-state index contributed by atoms with van der Waals surface area (Å²) in [6.07, 6.45) is 0.664. The molecule has 0 aromatic heterocycles. The van der Waals surface area contributed by atoms with E-state index in [1.807, 2.05) is 6.92 Å². The van der Waals surface area contributed by atoms with Crippen LogP contribution in [0.4, 0.5) is 4.39 Å². The van der Waals surface area contributed by atoms with Crippen molar-refractivity contribution in [2.24, 2.45) is 5.92 Å². The van der Waals surface area contributed by atoms with Crippen LogP contribution in [0.25, 0.3) is 0 Å². The maximum Gasteiger partial charge on any atom is 0.230 e. The van der Waals surface area contributed by atoms with E-state index in [1.54, 1.807) is 12.1 Å². The normalized spacial score (nSPS) is 23.9. The molecule has 2 rings (SSSR count). The van der Waals surface area contributed by atoms with Gasteiger partial charge in [0.15, 0.2) is 0 Å². The minimum absolute atomic E-state index is 0.0146. The number of rotatable bonds is 2. The van der Waals surface area contributed by atoms with Gasteiger partial charge in [0.2, 0.25) is 11.8 Å². The van der Waals surface area contributed by atoms with Crippen LogP contribution in [0, 0.1) is 11.7 Å². The second-order valence-corrected chi connectivity index (χ2v) is 4.79. The highest BCUT2D eigenvalue weighted by Gasteiger charge is 2.37. The highest BCUT2D eigenvalue weighted by Crippen LogP contribution is 2.36. The Morgan fingerprint density at radius 3 is 2.83 bits per heavy atom. The fourth-order valence-corrected chi connectivity index (χ4v) is 2.59. The standard InChI is InChI=1S/C13H13ClFNO2/c1-2-7-9(6-11(17)16-13(7)18)8-4-3-5-10(14)12(8)15/h3-5,7,9H,2,6H2,1H3,(H,16,17,18). The second-order valence-electron chi connectivity index (χ2n) is 4.38. The van der Waals surface area contributed by atoms with E-state index in [0.29, 0.717) is 12.0 Å². The Kier molecular flexibility index (Phi) is 3.66. The molecule has 2 unspecified atom stereocenters. The number of benzene rings is 1. The van der Waals surface area contributed by atoms with Gasteiger partial charge >= 0.3 is 0 Å². The molecule has 1 heterocycles. The lowest BCUT2D eigenvalue weighted by Gasteiger charge is -2.29. The summed E-state index contributed by atoms with van der Waals surface area (Å²) >= 11 is 5.74. The second kappa shape index (κ2) is 5.06. The van der Waals surface area contributed by atoms with Gasteiger partial charge in [-0.2, -0.15) is 0 Å². The van der Waals surface area contributed by atoms with Gasteiger partial charge in [0.1, 0.15) is 5.82 Å². The summed E-state index contributed by atoms with van der Waals surface area (Å²) in [5, 5.41) is 2.30. The van der Waals surface area contributed by atoms with Gasteiger partial charge < -0.3 is 0 Å². The van der Waals surface area contributed by atoms with E-state index in [9.17, 15) is 14.0 Å².